The van der Waals surface area contributed by atoms with E-state index in [0.717, 1.165) is 27.3 Å². The second-order valence-corrected chi connectivity index (χ2v) is 11.5. The molecule has 8 nitrogen and oxygen atoms in total. The molecular formula is C28H30FN3O5S. The third-order valence-electron chi connectivity index (χ3n) is 6.51. The number of cyclic esters (lactones) is 1. The van der Waals surface area contributed by atoms with Crippen molar-refractivity contribution in [2.75, 3.05) is 24.2 Å². The van der Waals surface area contributed by atoms with Crippen LogP contribution in [0.15, 0.2) is 42.5 Å². The van der Waals surface area contributed by atoms with Gasteiger partial charge in [-0.1, -0.05) is 19.9 Å². The Morgan fingerprint density at radius 1 is 1.11 bits per heavy atom. The average Bonchev–Trinajstić information content (AvgIpc) is 3.18. The number of anilines is 1. The van der Waals surface area contributed by atoms with Gasteiger partial charge in [0.1, 0.15) is 11.6 Å². The number of ether oxygens (including phenoxy) is 2. The highest BCUT2D eigenvalue weighted by Crippen LogP contribution is 2.34. The zero-order valence-corrected chi connectivity index (χ0v) is 23.0. The molecule has 0 bridgehead atoms. The topological polar surface area (TPSA) is 98.7 Å². The van der Waals surface area contributed by atoms with Gasteiger partial charge in [-0.2, -0.15) is 0 Å². The molecule has 200 valence electrons. The lowest BCUT2D eigenvalue weighted by Crippen LogP contribution is -2.28. The lowest BCUT2D eigenvalue weighted by molar-refractivity contribution is 0.0713. The van der Waals surface area contributed by atoms with Crippen LogP contribution < -0.4 is 4.31 Å². The fourth-order valence-corrected chi connectivity index (χ4v) is 4.57. The third kappa shape index (κ3) is 5.46. The molecule has 1 aliphatic heterocycles. The Morgan fingerprint density at radius 2 is 1.79 bits per heavy atom. The molecule has 0 atom stereocenters. The number of halogens is 1. The Balaban J connectivity index is 1.69. The van der Waals surface area contributed by atoms with Gasteiger partial charge in [-0.05, 0) is 67.3 Å². The van der Waals surface area contributed by atoms with Crippen LogP contribution in [0.2, 0.25) is 0 Å². The van der Waals surface area contributed by atoms with Crippen molar-refractivity contribution in [1.82, 2.24) is 9.97 Å². The van der Waals surface area contributed by atoms with E-state index >= 15 is 0 Å². The largest absolute Gasteiger partial charge is 0.422 e. The van der Waals surface area contributed by atoms with Crippen LogP contribution in [0.3, 0.4) is 0 Å². The molecule has 0 radical (unpaired) electrons. The number of aryl methyl sites for hydroxylation is 1. The first-order chi connectivity index (χ1) is 17.9. The highest BCUT2D eigenvalue weighted by atomic mass is 32.2. The summed E-state index contributed by atoms with van der Waals surface area (Å²) in [4.78, 5) is 21.4. The predicted octanol–water partition coefficient (Wildman–Crippen LogP) is 5.15. The van der Waals surface area contributed by atoms with E-state index in [2.05, 4.69) is 9.97 Å². The van der Waals surface area contributed by atoms with Crippen LogP contribution in [-0.4, -0.2) is 44.3 Å². The molecule has 0 N–H and O–H groups in total. The van der Waals surface area contributed by atoms with Crippen molar-refractivity contribution in [2.45, 2.75) is 40.2 Å². The number of fused-ring (bicyclic) bond motifs is 1. The fourth-order valence-electron chi connectivity index (χ4n) is 4.19. The number of nitrogens with zero attached hydrogens (tertiary/aromatic N) is 3. The van der Waals surface area contributed by atoms with Crippen LogP contribution in [0.25, 0.3) is 17.0 Å². The number of aromatic nitrogens is 2. The summed E-state index contributed by atoms with van der Waals surface area (Å²) in [6, 6.07) is 9.45. The molecule has 10 heteroatoms. The molecule has 1 aliphatic rings. The van der Waals surface area contributed by atoms with E-state index in [4.69, 9.17) is 9.47 Å². The smallest absolute Gasteiger partial charge is 0.344 e. The summed E-state index contributed by atoms with van der Waals surface area (Å²) >= 11 is 0. The second-order valence-electron chi connectivity index (χ2n) is 9.53. The summed E-state index contributed by atoms with van der Waals surface area (Å²) < 4.78 is 50.6. The standard InChI is InChI=1S/C28H30FN3O5S/c1-16(2)25-22(15-36-14-13-23-24-18(4)17(3)7-12-21(24)27(33)37-23)26(19-8-10-20(29)11-9-19)31-28(30-25)32(5)38(6,34)35/h7-13,16H,14-15H2,1-6H3/b23-13-. The van der Waals surface area contributed by atoms with E-state index in [9.17, 15) is 17.6 Å². The van der Waals surface area contributed by atoms with Gasteiger partial charge < -0.3 is 9.47 Å². The Kier molecular flexibility index (Phi) is 7.66. The molecule has 0 unspecified atom stereocenters. The molecule has 38 heavy (non-hydrogen) atoms. The maximum Gasteiger partial charge on any atom is 0.344 e. The van der Waals surface area contributed by atoms with E-state index in [1.165, 1.54) is 19.2 Å². The molecule has 4 rings (SSSR count). The van der Waals surface area contributed by atoms with Gasteiger partial charge in [0.2, 0.25) is 16.0 Å². The summed E-state index contributed by atoms with van der Waals surface area (Å²) in [5, 5.41) is 0. The number of esters is 1. The molecule has 3 aromatic rings. The van der Waals surface area contributed by atoms with Gasteiger partial charge in [-0.25, -0.2) is 31.9 Å². The fraction of sp³-hybridized carbons (Fsp3) is 0.321. The SMILES string of the molecule is Cc1ccc2c(c1C)/C(=C/COCc1c(-c3ccc(F)cc3)nc(N(C)S(C)(=O)=O)nc1C(C)C)OC2=O. The van der Waals surface area contributed by atoms with Gasteiger partial charge in [0.05, 0.1) is 36.4 Å². The highest BCUT2D eigenvalue weighted by molar-refractivity contribution is 7.92. The first kappa shape index (κ1) is 27.4. The molecule has 0 fully saturated rings. The number of carbonyl (C=O) groups is 1. The van der Waals surface area contributed by atoms with Gasteiger partial charge in [0.25, 0.3) is 0 Å². The van der Waals surface area contributed by atoms with Crippen molar-refractivity contribution in [1.29, 1.82) is 0 Å². The lowest BCUT2D eigenvalue weighted by Gasteiger charge is -2.21. The van der Waals surface area contributed by atoms with Crippen LogP contribution in [-0.2, 0) is 26.1 Å². The van der Waals surface area contributed by atoms with E-state index < -0.39 is 21.8 Å². The minimum atomic E-state index is -3.61. The molecule has 0 amide bonds. The molecule has 2 heterocycles. The first-order valence-electron chi connectivity index (χ1n) is 12.1. The Bertz CT molecular complexity index is 1530. The van der Waals surface area contributed by atoms with Crippen molar-refractivity contribution in [3.05, 3.63) is 81.8 Å². The summed E-state index contributed by atoms with van der Waals surface area (Å²) in [6.07, 6.45) is 2.79. The number of hydrogen-bond donors (Lipinski definition) is 0. The zero-order chi connectivity index (χ0) is 27.8. The van der Waals surface area contributed by atoms with Gasteiger partial charge in [-0.15, -0.1) is 0 Å². The van der Waals surface area contributed by atoms with Crippen molar-refractivity contribution < 1.29 is 27.1 Å². The molecular weight excluding hydrogens is 509 g/mol. The van der Waals surface area contributed by atoms with Gasteiger partial charge in [-0.3, -0.25) is 0 Å². The lowest BCUT2D eigenvalue weighted by atomic mass is 9.98. The molecule has 0 saturated carbocycles. The normalized spacial score (nSPS) is 14.2. The van der Waals surface area contributed by atoms with Crippen molar-refractivity contribution in [3.63, 3.8) is 0 Å². The van der Waals surface area contributed by atoms with Crippen molar-refractivity contribution >= 4 is 27.7 Å². The highest BCUT2D eigenvalue weighted by Gasteiger charge is 2.28. The summed E-state index contributed by atoms with van der Waals surface area (Å²) in [7, 11) is -2.23. The van der Waals surface area contributed by atoms with E-state index in [-0.39, 0.29) is 25.1 Å². The monoisotopic (exact) mass is 539 g/mol. The van der Waals surface area contributed by atoms with Gasteiger partial charge >= 0.3 is 5.97 Å². The van der Waals surface area contributed by atoms with Gasteiger partial charge in [0, 0.05) is 23.7 Å². The molecule has 1 aromatic heterocycles. The zero-order valence-electron chi connectivity index (χ0n) is 22.2. The minimum Gasteiger partial charge on any atom is -0.422 e. The molecule has 0 aliphatic carbocycles. The third-order valence-corrected chi connectivity index (χ3v) is 7.67. The molecule has 0 spiro atoms. The van der Waals surface area contributed by atoms with Crippen LogP contribution in [0.4, 0.5) is 10.3 Å². The first-order valence-corrected chi connectivity index (χ1v) is 13.9. The number of rotatable bonds is 8. The summed E-state index contributed by atoms with van der Waals surface area (Å²) in [5.41, 5.74) is 5.64. The number of benzene rings is 2. The maximum absolute atomic E-state index is 13.7. The van der Waals surface area contributed by atoms with E-state index in [1.807, 2.05) is 33.8 Å². The van der Waals surface area contributed by atoms with Crippen molar-refractivity contribution in [3.8, 4) is 11.3 Å². The quantitative estimate of drug-likeness (QED) is 0.288. The number of sulfonamides is 1. The van der Waals surface area contributed by atoms with Crippen molar-refractivity contribution in [2.24, 2.45) is 0 Å². The Labute approximate surface area is 222 Å². The van der Waals surface area contributed by atoms with E-state index in [1.54, 1.807) is 24.3 Å². The average molecular weight is 540 g/mol. The predicted molar refractivity (Wildman–Crippen MR) is 144 cm³/mol. The van der Waals surface area contributed by atoms with Crippen LogP contribution in [0, 0.1) is 19.7 Å². The Morgan fingerprint density at radius 3 is 2.42 bits per heavy atom. The molecule has 0 saturated heterocycles. The van der Waals surface area contributed by atoms with Crippen LogP contribution in [0.1, 0.15) is 58.1 Å². The molecule has 2 aromatic carbocycles. The van der Waals surface area contributed by atoms with E-state index in [0.29, 0.717) is 33.8 Å². The minimum absolute atomic E-state index is 0.0155. The maximum atomic E-state index is 13.7. The number of hydrogen-bond acceptors (Lipinski definition) is 7. The van der Waals surface area contributed by atoms with Crippen LogP contribution >= 0.6 is 0 Å². The second kappa shape index (κ2) is 10.6. The Hall–Kier alpha value is -3.63. The van der Waals surface area contributed by atoms with Crippen LogP contribution in [0.5, 0.6) is 0 Å². The summed E-state index contributed by atoms with van der Waals surface area (Å²) in [6.45, 7) is 8.03. The van der Waals surface area contributed by atoms with Gasteiger partial charge in [0.15, 0.2) is 0 Å². The summed E-state index contributed by atoms with van der Waals surface area (Å²) in [5.74, 6) is -0.415. The number of carbonyl (C=O) groups excluding carboxylic acids is 1.